The van der Waals surface area contributed by atoms with Crippen LogP contribution in [-0.2, 0) is 30.2 Å². The fourth-order valence-electron chi connectivity index (χ4n) is 2.61. The Morgan fingerprint density at radius 2 is 2.10 bits per heavy atom. The molecule has 4 N–H and O–H groups in total. The number of nitrogens with one attached hydrogen (secondary N) is 2. The number of urea groups is 1. The topological polar surface area (TPSA) is 139 Å². The van der Waals surface area contributed by atoms with Crippen LogP contribution in [0.3, 0.4) is 0 Å². The van der Waals surface area contributed by atoms with E-state index in [0.717, 1.165) is 4.88 Å². The average Bonchev–Trinajstić information content (AvgIpc) is 3.39. The standard InChI is InChI=1S/C17H19ClN6O4S3/c1-23-8-12(31(19,27)28)5-13(23)15(25)24(2)7-10-9-29-17(21-10)22-16(26)20-6-11-3-4-14(18)30-11/h3-5,8-9H,6-7H2,1-2H3,(H2,19,27,28)(H2,20,21,22,26). The summed E-state index contributed by atoms with van der Waals surface area (Å²) < 4.78 is 25.0. The third-order valence-electron chi connectivity index (χ3n) is 4.10. The second kappa shape index (κ2) is 9.36. The van der Waals surface area contributed by atoms with E-state index < -0.39 is 22.0 Å². The van der Waals surface area contributed by atoms with Crippen molar-refractivity contribution in [2.24, 2.45) is 12.2 Å². The quantitative estimate of drug-likeness (QED) is 0.455. The van der Waals surface area contributed by atoms with E-state index in [4.69, 9.17) is 16.7 Å². The number of amides is 3. The number of carbonyl (C=O) groups is 2. The van der Waals surface area contributed by atoms with Gasteiger partial charge in [0.15, 0.2) is 5.13 Å². The Hall–Kier alpha value is -2.45. The number of primary sulfonamides is 1. The number of aromatic nitrogens is 2. The molecule has 0 aliphatic heterocycles. The molecule has 0 spiro atoms. The first kappa shape index (κ1) is 23.2. The number of sulfonamides is 1. The van der Waals surface area contributed by atoms with E-state index in [2.05, 4.69) is 15.6 Å². The molecule has 3 heterocycles. The highest BCUT2D eigenvalue weighted by molar-refractivity contribution is 7.89. The summed E-state index contributed by atoms with van der Waals surface area (Å²) in [6.45, 7) is 0.512. The molecule has 0 aromatic carbocycles. The summed E-state index contributed by atoms with van der Waals surface area (Å²) >= 11 is 8.47. The summed E-state index contributed by atoms with van der Waals surface area (Å²) in [5.74, 6) is -0.396. The van der Waals surface area contributed by atoms with Gasteiger partial charge in [0.2, 0.25) is 10.0 Å². The Labute approximate surface area is 191 Å². The molecule has 3 aromatic rings. The number of hydrogen-bond donors (Lipinski definition) is 3. The number of anilines is 1. The highest BCUT2D eigenvalue weighted by Crippen LogP contribution is 2.21. The number of thiazole rings is 1. The van der Waals surface area contributed by atoms with Gasteiger partial charge in [0, 0.05) is 30.5 Å². The zero-order valence-corrected chi connectivity index (χ0v) is 19.7. The van der Waals surface area contributed by atoms with Crippen LogP contribution in [-0.4, -0.2) is 41.9 Å². The molecule has 0 bridgehead atoms. The highest BCUT2D eigenvalue weighted by Gasteiger charge is 2.21. The van der Waals surface area contributed by atoms with Gasteiger partial charge in [-0.25, -0.2) is 23.3 Å². The maximum absolute atomic E-state index is 12.7. The molecule has 3 rings (SSSR count). The monoisotopic (exact) mass is 502 g/mol. The molecule has 0 aliphatic rings. The lowest BCUT2D eigenvalue weighted by atomic mass is 10.3. The summed E-state index contributed by atoms with van der Waals surface area (Å²) in [5.41, 5.74) is 0.746. The van der Waals surface area contributed by atoms with Crippen molar-refractivity contribution in [2.45, 2.75) is 18.0 Å². The molecule has 31 heavy (non-hydrogen) atoms. The summed E-state index contributed by atoms with van der Waals surface area (Å²) in [5, 5.41) is 12.6. The lowest BCUT2D eigenvalue weighted by Gasteiger charge is -2.16. The van der Waals surface area contributed by atoms with E-state index in [9.17, 15) is 18.0 Å². The fraction of sp³-hybridized carbons (Fsp3) is 0.235. The molecule has 0 atom stereocenters. The number of halogens is 1. The van der Waals surface area contributed by atoms with E-state index in [-0.39, 0.29) is 17.1 Å². The van der Waals surface area contributed by atoms with Crippen molar-refractivity contribution in [1.29, 1.82) is 0 Å². The van der Waals surface area contributed by atoms with Crippen molar-refractivity contribution in [3.05, 3.63) is 50.4 Å². The number of aryl methyl sites for hydroxylation is 1. The Kier molecular flexibility index (Phi) is 7.01. The normalized spacial score (nSPS) is 11.4. The summed E-state index contributed by atoms with van der Waals surface area (Å²) in [6.07, 6.45) is 1.28. The number of carbonyl (C=O) groups excluding carboxylic acids is 2. The third kappa shape index (κ3) is 6.04. The van der Waals surface area contributed by atoms with Gasteiger partial charge < -0.3 is 14.8 Å². The predicted molar refractivity (Wildman–Crippen MR) is 120 cm³/mol. The molecular formula is C17H19ClN6O4S3. The Bertz CT molecular complexity index is 1220. The van der Waals surface area contributed by atoms with Gasteiger partial charge in [-0.05, 0) is 18.2 Å². The van der Waals surface area contributed by atoms with Crippen LogP contribution in [0.1, 0.15) is 21.1 Å². The van der Waals surface area contributed by atoms with Crippen LogP contribution < -0.4 is 15.8 Å². The summed E-state index contributed by atoms with van der Waals surface area (Å²) in [6, 6.07) is 4.42. The maximum atomic E-state index is 12.7. The van der Waals surface area contributed by atoms with Crippen LogP contribution in [0.25, 0.3) is 0 Å². The number of thiophene rings is 1. The minimum absolute atomic E-state index is 0.136. The van der Waals surface area contributed by atoms with Gasteiger partial charge in [-0.1, -0.05) is 11.6 Å². The lowest BCUT2D eigenvalue weighted by Crippen LogP contribution is -2.28. The second-order valence-corrected chi connectivity index (χ2v) is 10.8. The first-order chi connectivity index (χ1) is 14.5. The molecule has 0 saturated heterocycles. The van der Waals surface area contributed by atoms with Gasteiger partial charge in [0.1, 0.15) is 10.6 Å². The molecule has 0 saturated carbocycles. The Morgan fingerprint density at radius 1 is 1.35 bits per heavy atom. The first-order valence-electron chi connectivity index (χ1n) is 8.71. The third-order valence-corrected chi connectivity index (χ3v) is 7.02. The van der Waals surface area contributed by atoms with Crippen molar-refractivity contribution in [3.8, 4) is 0 Å². The molecule has 0 aliphatic carbocycles. The van der Waals surface area contributed by atoms with Crippen LogP contribution in [0.5, 0.6) is 0 Å². The molecule has 3 aromatic heterocycles. The minimum Gasteiger partial charge on any atom is -0.345 e. The first-order valence-corrected chi connectivity index (χ1v) is 12.3. The van der Waals surface area contributed by atoms with Crippen LogP contribution in [0.4, 0.5) is 9.93 Å². The zero-order chi connectivity index (χ0) is 22.8. The number of nitrogens with zero attached hydrogens (tertiary/aromatic N) is 3. The van der Waals surface area contributed by atoms with Crippen LogP contribution in [0, 0.1) is 0 Å². The van der Waals surface area contributed by atoms with Gasteiger partial charge in [-0.3, -0.25) is 10.1 Å². The number of nitrogens with two attached hydrogens (primary N) is 1. The van der Waals surface area contributed by atoms with E-state index >= 15 is 0 Å². The minimum atomic E-state index is -3.91. The van der Waals surface area contributed by atoms with Crippen molar-refractivity contribution in [3.63, 3.8) is 0 Å². The SMILES string of the molecule is CN(Cc1csc(NC(=O)NCc2ccc(Cl)s2)n1)C(=O)c1cc(S(N)(=O)=O)cn1C. The van der Waals surface area contributed by atoms with Gasteiger partial charge in [0.05, 0.1) is 23.1 Å². The molecule has 0 unspecified atom stereocenters. The van der Waals surface area contributed by atoms with Gasteiger partial charge in [-0.15, -0.1) is 22.7 Å². The average molecular weight is 503 g/mol. The van der Waals surface area contributed by atoms with E-state index in [1.807, 2.05) is 6.07 Å². The van der Waals surface area contributed by atoms with E-state index in [1.165, 1.54) is 44.4 Å². The van der Waals surface area contributed by atoms with Gasteiger partial charge in [-0.2, -0.15) is 0 Å². The largest absolute Gasteiger partial charge is 0.345 e. The van der Waals surface area contributed by atoms with Crippen LogP contribution in [0.15, 0.2) is 34.7 Å². The van der Waals surface area contributed by atoms with E-state index in [1.54, 1.807) is 25.5 Å². The molecular weight excluding hydrogens is 484 g/mol. The summed E-state index contributed by atoms with van der Waals surface area (Å²) in [4.78, 5) is 31.2. The molecule has 166 valence electrons. The van der Waals surface area contributed by atoms with E-state index in [0.29, 0.717) is 21.7 Å². The Balaban J connectivity index is 1.57. The zero-order valence-electron chi connectivity index (χ0n) is 16.5. The lowest BCUT2D eigenvalue weighted by molar-refractivity contribution is 0.0774. The maximum Gasteiger partial charge on any atom is 0.321 e. The molecule has 3 amide bonds. The van der Waals surface area contributed by atoms with Crippen LogP contribution in [0.2, 0.25) is 4.34 Å². The summed E-state index contributed by atoms with van der Waals surface area (Å²) in [7, 11) is -0.781. The fourth-order valence-corrected chi connectivity index (χ4v) is 4.91. The van der Waals surface area contributed by atoms with Crippen molar-refractivity contribution in [2.75, 3.05) is 12.4 Å². The molecule has 0 fully saturated rings. The smallest absolute Gasteiger partial charge is 0.321 e. The van der Waals surface area contributed by atoms with Gasteiger partial charge >= 0.3 is 6.03 Å². The number of rotatable bonds is 7. The second-order valence-electron chi connectivity index (χ2n) is 6.54. The van der Waals surface area contributed by atoms with Crippen molar-refractivity contribution < 1.29 is 18.0 Å². The molecule has 14 heteroatoms. The molecule has 10 nitrogen and oxygen atoms in total. The predicted octanol–water partition coefficient (Wildman–Crippen LogP) is 2.44. The molecule has 0 radical (unpaired) electrons. The number of hydrogen-bond acceptors (Lipinski definition) is 7. The van der Waals surface area contributed by atoms with Crippen molar-refractivity contribution >= 4 is 61.4 Å². The highest BCUT2D eigenvalue weighted by atomic mass is 35.5. The van der Waals surface area contributed by atoms with Gasteiger partial charge in [0.25, 0.3) is 5.91 Å². The Morgan fingerprint density at radius 3 is 2.71 bits per heavy atom. The van der Waals surface area contributed by atoms with Crippen molar-refractivity contribution in [1.82, 2.24) is 19.8 Å². The van der Waals surface area contributed by atoms with Crippen LogP contribution >= 0.6 is 34.3 Å².